The molecule has 0 saturated carbocycles. The van der Waals surface area contributed by atoms with Gasteiger partial charge in [0.05, 0.1) is 57.9 Å². The largest absolute Gasteiger partial charge is 0.497 e. The monoisotopic (exact) mass is 865 g/mol. The number of aliphatic hydroxyl groups excluding tert-OH is 1. The maximum atomic E-state index is 15.5. The first-order valence-corrected chi connectivity index (χ1v) is 24.2. The van der Waals surface area contributed by atoms with E-state index < -0.39 is 30.6 Å². The van der Waals surface area contributed by atoms with E-state index in [2.05, 4.69) is 23.4 Å². The number of methoxy groups -OCH3 is 1. The molecule has 3 amide bonds. The van der Waals surface area contributed by atoms with Crippen molar-refractivity contribution < 1.29 is 33.9 Å². The second-order valence-electron chi connectivity index (χ2n) is 17.0. The quantitative estimate of drug-likeness (QED) is 0.0544. The minimum atomic E-state index is -2.69. The highest BCUT2D eigenvalue weighted by Gasteiger charge is 2.66. The molecule has 0 aliphatic carbocycles. The zero-order valence-corrected chi connectivity index (χ0v) is 36.7. The van der Waals surface area contributed by atoms with Gasteiger partial charge in [-0.25, -0.2) is 0 Å². The third-order valence-electron chi connectivity index (χ3n) is 12.9. The van der Waals surface area contributed by atoms with Gasteiger partial charge in [0, 0.05) is 59.5 Å². The lowest BCUT2D eigenvalue weighted by molar-refractivity contribution is -0.385. The number of ether oxygens (including phenoxy) is 2. The van der Waals surface area contributed by atoms with E-state index in [0.29, 0.717) is 22.7 Å². The number of nitrogens with zero attached hydrogens (tertiary/aromatic N) is 3. The molecule has 1 aromatic heterocycles. The van der Waals surface area contributed by atoms with Crippen molar-refractivity contribution in [3.8, 4) is 5.75 Å². The molecule has 14 heteroatoms. The Hall–Kier alpha value is -6.61. The van der Waals surface area contributed by atoms with Crippen molar-refractivity contribution in [2.75, 3.05) is 30.5 Å². The number of nitro benzene ring substituents is 1. The van der Waals surface area contributed by atoms with Gasteiger partial charge < -0.3 is 34.7 Å². The number of hydrogen-bond donors (Lipinski definition) is 3. The number of carbonyl (C=O) groups is 3. The van der Waals surface area contributed by atoms with E-state index in [9.17, 15) is 24.8 Å². The lowest BCUT2D eigenvalue weighted by Crippen LogP contribution is -2.52. The molecule has 0 unspecified atom stereocenters. The number of aromatic amines is 1. The van der Waals surface area contributed by atoms with E-state index in [-0.39, 0.29) is 68.0 Å². The maximum Gasteiger partial charge on any atom is 0.269 e. The number of nitro groups is 1. The first-order valence-electron chi connectivity index (χ1n) is 21.1. The number of carbonyl (C=O) groups excluding carboxylic acids is 3. The van der Waals surface area contributed by atoms with Crippen LogP contribution >= 0.6 is 0 Å². The molecular weight excluding hydrogens is 815 g/mol. The highest BCUT2D eigenvalue weighted by molar-refractivity contribution is 6.91. The Morgan fingerprint density at radius 2 is 1.70 bits per heavy atom. The number of aromatic nitrogens is 1. The van der Waals surface area contributed by atoms with Crippen molar-refractivity contribution in [2.24, 2.45) is 5.92 Å². The van der Waals surface area contributed by atoms with Gasteiger partial charge in [-0.2, -0.15) is 0 Å². The molecule has 324 valence electrons. The third kappa shape index (κ3) is 8.24. The van der Waals surface area contributed by atoms with E-state index in [1.807, 2.05) is 110 Å². The van der Waals surface area contributed by atoms with Crippen LogP contribution in [0.2, 0.25) is 18.6 Å². The molecule has 63 heavy (non-hydrogen) atoms. The maximum absolute atomic E-state index is 15.5. The molecule has 4 atom stereocenters. The highest BCUT2D eigenvalue weighted by Crippen LogP contribution is 2.60. The van der Waals surface area contributed by atoms with Gasteiger partial charge in [-0.1, -0.05) is 98.0 Å². The number of para-hydroxylation sites is 1. The molecule has 3 heterocycles. The van der Waals surface area contributed by atoms with Gasteiger partial charge in [-0.05, 0) is 58.6 Å². The number of fused-ring (bicyclic) bond motifs is 3. The molecule has 0 bridgehead atoms. The summed E-state index contributed by atoms with van der Waals surface area (Å²) in [5.74, 6) is -0.653. The van der Waals surface area contributed by atoms with Crippen LogP contribution in [0.5, 0.6) is 5.75 Å². The van der Waals surface area contributed by atoms with Crippen molar-refractivity contribution >= 4 is 58.9 Å². The summed E-state index contributed by atoms with van der Waals surface area (Å²) in [5.41, 5.74) is 2.69. The molecule has 6 aromatic rings. The predicted octanol–water partition coefficient (Wildman–Crippen LogP) is 7.44. The summed E-state index contributed by atoms with van der Waals surface area (Å²) in [6.07, 6.45) is 1.16. The van der Waals surface area contributed by atoms with Crippen LogP contribution in [0.1, 0.15) is 35.6 Å². The molecule has 1 saturated heterocycles. The number of rotatable bonds is 15. The first-order chi connectivity index (χ1) is 30.3. The standard InChI is InChI=1S/C49H51N5O8Si/c1-32-47(63(3,4)39-20-18-38(61-2)19-21-39)44(28-46(57)52(23-24-55)30-33-11-6-5-7-12-33)62-49(32)41-27-37(54(59)60)17-22-43(41)53(48(49)58)31-34-13-10-14-36(25-34)51-45(56)26-35-29-50-42-16-9-8-15-40(35)42/h5-22,25,27,29,32,44,47,50,55H,23-24,26,28,30-31H2,1-4H3,(H,51,56)/t32-,44+,47-,49+/m1/s1. The van der Waals surface area contributed by atoms with Gasteiger partial charge >= 0.3 is 0 Å². The smallest absolute Gasteiger partial charge is 0.269 e. The topological polar surface area (TPSA) is 167 Å². The molecular formula is C49H51N5O8Si. The van der Waals surface area contributed by atoms with Gasteiger partial charge in [-0.3, -0.25) is 24.5 Å². The Bertz CT molecular complexity index is 2670. The number of hydrogen-bond acceptors (Lipinski definition) is 8. The van der Waals surface area contributed by atoms with E-state index in [4.69, 9.17) is 9.47 Å². The van der Waals surface area contributed by atoms with Crippen LogP contribution in [-0.2, 0) is 44.2 Å². The number of non-ortho nitro benzene ring substituents is 1. The van der Waals surface area contributed by atoms with Crippen LogP contribution in [0, 0.1) is 16.0 Å². The summed E-state index contributed by atoms with van der Waals surface area (Å²) in [4.78, 5) is 61.5. The molecule has 5 aromatic carbocycles. The van der Waals surface area contributed by atoms with Gasteiger partial charge in [-0.15, -0.1) is 0 Å². The molecule has 8 rings (SSSR count). The average Bonchev–Trinajstić information content (AvgIpc) is 3.90. The molecule has 13 nitrogen and oxygen atoms in total. The Labute approximate surface area is 366 Å². The van der Waals surface area contributed by atoms with Crippen LogP contribution in [0.4, 0.5) is 17.1 Å². The molecule has 1 spiro atoms. The van der Waals surface area contributed by atoms with Crippen LogP contribution in [0.15, 0.2) is 128 Å². The summed E-state index contributed by atoms with van der Waals surface area (Å²) in [6, 6.07) is 36.9. The summed E-state index contributed by atoms with van der Waals surface area (Å²) in [6.45, 7) is 6.61. The van der Waals surface area contributed by atoms with Crippen LogP contribution in [0.3, 0.4) is 0 Å². The SMILES string of the molecule is COc1ccc([Si](C)(C)[C@H]2[C@H](CC(=O)N(CCO)Cc3ccccc3)O[C@@]3(C(=O)N(Cc4cccc(NC(=O)Cc5c[nH]c6ccccc56)c4)c4ccc([N+](=O)[O-])cc43)[C@@H]2C)cc1. The van der Waals surface area contributed by atoms with Crippen LogP contribution in [-0.4, -0.2) is 72.1 Å². The summed E-state index contributed by atoms with van der Waals surface area (Å²) < 4.78 is 12.6. The zero-order chi connectivity index (χ0) is 44.5. The number of H-pyrrole nitrogens is 1. The van der Waals surface area contributed by atoms with E-state index in [0.717, 1.165) is 32.8 Å². The summed E-state index contributed by atoms with van der Waals surface area (Å²) in [5, 5.41) is 27.5. The fraction of sp³-hybridized carbons (Fsp3) is 0.286. The van der Waals surface area contributed by atoms with E-state index in [1.54, 1.807) is 29.0 Å². The Morgan fingerprint density at radius 3 is 2.43 bits per heavy atom. The second-order valence-corrected chi connectivity index (χ2v) is 21.7. The Kier molecular flexibility index (Phi) is 12.1. The molecule has 3 N–H and O–H groups in total. The lowest BCUT2D eigenvalue weighted by Gasteiger charge is -2.37. The molecule has 2 aliphatic rings. The number of benzene rings is 5. The zero-order valence-electron chi connectivity index (χ0n) is 35.7. The Balaban J connectivity index is 1.14. The normalized spacial score (nSPS) is 19.3. The van der Waals surface area contributed by atoms with Crippen molar-refractivity contribution in [1.29, 1.82) is 0 Å². The fourth-order valence-corrected chi connectivity index (χ4v) is 13.9. The van der Waals surface area contributed by atoms with Gasteiger partial charge in [0.25, 0.3) is 11.6 Å². The van der Waals surface area contributed by atoms with Crippen LogP contribution in [0.25, 0.3) is 10.9 Å². The van der Waals surface area contributed by atoms with Crippen molar-refractivity contribution in [3.05, 3.63) is 160 Å². The minimum absolute atomic E-state index is 0.0754. The minimum Gasteiger partial charge on any atom is -0.497 e. The molecule has 0 radical (unpaired) electrons. The second kappa shape index (κ2) is 17.6. The average molecular weight is 866 g/mol. The van der Waals surface area contributed by atoms with Gasteiger partial charge in [0.1, 0.15) is 5.75 Å². The number of aliphatic hydroxyl groups is 1. The first kappa shape index (κ1) is 43.1. The molecule has 2 aliphatic heterocycles. The van der Waals surface area contributed by atoms with Crippen molar-refractivity contribution in [3.63, 3.8) is 0 Å². The number of nitrogens with one attached hydrogen (secondary N) is 2. The van der Waals surface area contributed by atoms with E-state index >= 15 is 4.79 Å². The third-order valence-corrected chi connectivity index (χ3v) is 17.3. The van der Waals surface area contributed by atoms with Gasteiger partial charge in [0.15, 0.2) is 5.60 Å². The molecule has 1 fully saturated rings. The van der Waals surface area contributed by atoms with Crippen molar-refractivity contribution in [2.45, 2.75) is 63.2 Å². The van der Waals surface area contributed by atoms with Crippen LogP contribution < -0.4 is 20.1 Å². The van der Waals surface area contributed by atoms with Gasteiger partial charge in [0.2, 0.25) is 11.8 Å². The summed E-state index contributed by atoms with van der Waals surface area (Å²) in [7, 11) is -1.08. The van der Waals surface area contributed by atoms with Crippen molar-refractivity contribution in [1.82, 2.24) is 9.88 Å². The fourth-order valence-electron chi connectivity index (χ4n) is 9.88. The lowest BCUT2D eigenvalue weighted by atomic mass is 9.82. The highest BCUT2D eigenvalue weighted by atomic mass is 28.3. The Morgan fingerprint density at radius 1 is 0.968 bits per heavy atom. The number of anilines is 2. The summed E-state index contributed by atoms with van der Waals surface area (Å²) >= 11 is 0. The number of amides is 3. The predicted molar refractivity (Wildman–Crippen MR) is 244 cm³/mol. The van der Waals surface area contributed by atoms with E-state index in [1.165, 1.54) is 12.1 Å².